The molecule has 0 heterocycles. The van der Waals surface area contributed by atoms with Gasteiger partial charge in [0.25, 0.3) is 5.91 Å². The summed E-state index contributed by atoms with van der Waals surface area (Å²) in [5, 5.41) is 2.73. The van der Waals surface area contributed by atoms with Crippen LogP contribution in [0.1, 0.15) is 13.3 Å². The van der Waals surface area contributed by atoms with Crippen LogP contribution in [0.3, 0.4) is 0 Å². The molecule has 0 aliphatic carbocycles. The van der Waals surface area contributed by atoms with E-state index in [2.05, 4.69) is 5.32 Å². The normalized spacial score (nSPS) is 12.4. The van der Waals surface area contributed by atoms with Crippen molar-refractivity contribution in [1.82, 2.24) is 0 Å². The van der Waals surface area contributed by atoms with Gasteiger partial charge in [0.15, 0.2) is 15.9 Å². The molecule has 0 aliphatic heterocycles. The van der Waals surface area contributed by atoms with Gasteiger partial charge in [0.05, 0.1) is 4.90 Å². The molecule has 0 aliphatic rings. The van der Waals surface area contributed by atoms with Crippen LogP contribution in [0.4, 0.5) is 5.69 Å². The van der Waals surface area contributed by atoms with Crippen molar-refractivity contribution in [3.63, 3.8) is 0 Å². The van der Waals surface area contributed by atoms with Gasteiger partial charge in [-0.3, -0.25) is 4.79 Å². The Labute approximate surface area is 136 Å². The van der Waals surface area contributed by atoms with Gasteiger partial charge in [-0.25, -0.2) is 8.42 Å². The monoisotopic (exact) mass is 333 g/mol. The van der Waals surface area contributed by atoms with Crippen molar-refractivity contribution in [3.05, 3.63) is 54.6 Å². The first kappa shape index (κ1) is 17.0. The first-order valence-electron chi connectivity index (χ1n) is 7.23. The standard InChI is InChI=1S/C17H19NO4S/c1-3-16(22-14-7-5-4-6-8-14)17(19)18-13-9-11-15(12-10-13)23(2,20)21/h4-12,16H,3H2,1-2H3,(H,18,19). The Bertz CT molecular complexity index is 755. The van der Waals surface area contributed by atoms with Gasteiger partial charge in [-0.05, 0) is 42.8 Å². The molecule has 1 amide bonds. The molecule has 2 rings (SSSR count). The summed E-state index contributed by atoms with van der Waals surface area (Å²) in [5.41, 5.74) is 0.525. The van der Waals surface area contributed by atoms with E-state index in [0.717, 1.165) is 6.26 Å². The van der Waals surface area contributed by atoms with Gasteiger partial charge < -0.3 is 10.1 Å². The van der Waals surface area contributed by atoms with Crippen LogP contribution in [0.5, 0.6) is 5.75 Å². The highest BCUT2D eigenvalue weighted by Gasteiger charge is 2.18. The lowest BCUT2D eigenvalue weighted by Crippen LogP contribution is -2.32. The zero-order valence-electron chi connectivity index (χ0n) is 13.0. The third-order valence-corrected chi connectivity index (χ3v) is 4.36. The Morgan fingerprint density at radius 3 is 2.22 bits per heavy atom. The lowest BCUT2D eigenvalue weighted by atomic mass is 10.2. The van der Waals surface area contributed by atoms with E-state index in [1.165, 1.54) is 12.1 Å². The summed E-state index contributed by atoms with van der Waals surface area (Å²) in [4.78, 5) is 12.5. The van der Waals surface area contributed by atoms with Crippen molar-refractivity contribution in [2.45, 2.75) is 24.3 Å². The average Bonchev–Trinajstić information content (AvgIpc) is 2.53. The van der Waals surface area contributed by atoms with E-state index in [4.69, 9.17) is 4.74 Å². The number of ether oxygens (including phenoxy) is 1. The average molecular weight is 333 g/mol. The van der Waals surface area contributed by atoms with Gasteiger partial charge >= 0.3 is 0 Å². The maximum absolute atomic E-state index is 12.3. The van der Waals surface area contributed by atoms with Crippen molar-refractivity contribution < 1.29 is 17.9 Å². The van der Waals surface area contributed by atoms with Crippen molar-refractivity contribution in [2.75, 3.05) is 11.6 Å². The smallest absolute Gasteiger partial charge is 0.265 e. The van der Waals surface area contributed by atoms with Crippen LogP contribution in [0.2, 0.25) is 0 Å². The van der Waals surface area contributed by atoms with Gasteiger partial charge in [0.1, 0.15) is 5.75 Å². The fourth-order valence-electron chi connectivity index (χ4n) is 1.99. The zero-order chi connectivity index (χ0) is 16.9. The molecule has 0 spiro atoms. The van der Waals surface area contributed by atoms with E-state index in [0.29, 0.717) is 17.9 Å². The second-order valence-electron chi connectivity index (χ2n) is 5.11. The number of sulfone groups is 1. The molecular formula is C17H19NO4S. The fourth-order valence-corrected chi connectivity index (χ4v) is 2.62. The number of hydrogen-bond acceptors (Lipinski definition) is 4. The topological polar surface area (TPSA) is 72.5 Å². The molecule has 0 bridgehead atoms. The number of hydrogen-bond donors (Lipinski definition) is 1. The summed E-state index contributed by atoms with van der Waals surface area (Å²) >= 11 is 0. The Balaban J connectivity index is 2.04. The highest BCUT2D eigenvalue weighted by Crippen LogP contribution is 2.16. The minimum atomic E-state index is -3.25. The summed E-state index contributed by atoms with van der Waals surface area (Å²) in [6.07, 6.45) is 1.04. The fraction of sp³-hybridized carbons (Fsp3) is 0.235. The first-order chi connectivity index (χ1) is 10.9. The summed E-state index contributed by atoms with van der Waals surface area (Å²) in [7, 11) is -3.25. The third-order valence-electron chi connectivity index (χ3n) is 3.23. The number of rotatable bonds is 6. The second-order valence-corrected chi connectivity index (χ2v) is 7.13. The molecule has 23 heavy (non-hydrogen) atoms. The molecular weight excluding hydrogens is 314 g/mol. The van der Waals surface area contributed by atoms with Gasteiger partial charge in [-0.1, -0.05) is 25.1 Å². The summed E-state index contributed by atoms with van der Waals surface area (Å²) in [5.74, 6) is 0.352. The highest BCUT2D eigenvalue weighted by molar-refractivity contribution is 7.90. The van der Waals surface area contributed by atoms with Crippen LogP contribution in [-0.4, -0.2) is 26.7 Å². The SMILES string of the molecule is CCC(Oc1ccccc1)C(=O)Nc1ccc(S(C)(=O)=O)cc1. The van der Waals surface area contributed by atoms with E-state index in [1.54, 1.807) is 24.3 Å². The molecule has 2 aromatic rings. The van der Waals surface area contributed by atoms with Crippen molar-refractivity contribution >= 4 is 21.4 Å². The van der Waals surface area contributed by atoms with E-state index >= 15 is 0 Å². The van der Waals surface area contributed by atoms with Crippen LogP contribution >= 0.6 is 0 Å². The molecule has 0 aromatic heterocycles. The van der Waals surface area contributed by atoms with Crippen LogP contribution in [-0.2, 0) is 14.6 Å². The van der Waals surface area contributed by atoms with Crippen molar-refractivity contribution in [1.29, 1.82) is 0 Å². The maximum Gasteiger partial charge on any atom is 0.265 e. The van der Waals surface area contributed by atoms with Crippen LogP contribution in [0.25, 0.3) is 0 Å². The quantitative estimate of drug-likeness (QED) is 0.882. The molecule has 6 heteroatoms. The number of anilines is 1. The Hall–Kier alpha value is -2.34. The lowest BCUT2D eigenvalue weighted by molar-refractivity contribution is -0.122. The van der Waals surface area contributed by atoms with Crippen molar-refractivity contribution in [3.8, 4) is 5.75 Å². The largest absolute Gasteiger partial charge is 0.481 e. The minimum Gasteiger partial charge on any atom is -0.481 e. The van der Waals surface area contributed by atoms with Gasteiger partial charge in [-0.2, -0.15) is 0 Å². The number of nitrogens with one attached hydrogen (secondary N) is 1. The molecule has 0 saturated carbocycles. The molecule has 122 valence electrons. The third kappa shape index (κ3) is 4.82. The Morgan fingerprint density at radius 1 is 1.09 bits per heavy atom. The highest BCUT2D eigenvalue weighted by atomic mass is 32.2. The molecule has 1 atom stereocenters. The number of carbonyl (C=O) groups excluding carboxylic acids is 1. The van der Waals surface area contributed by atoms with E-state index in [-0.39, 0.29) is 10.8 Å². The number of benzene rings is 2. The predicted octanol–water partition coefficient (Wildman–Crippen LogP) is 2.89. The summed E-state index contributed by atoms with van der Waals surface area (Å²) < 4.78 is 28.5. The Kier molecular flexibility index (Phi) is 5.39. The predicted molar refractivity (Wildman–Crippen MR) is 89.3 cm³/mol. The van der Waals surface area contributed by atoms with E-state index in [1.807, 2.05) is 25.1 Å². The van der Waals surface area contributed by atoms with Crippen LogP contribution in [0, 0.1) is 0 Å². The summed E-state index contributed by atoms with van der Waals surface area (Å²) in [6, 6.07) is 15.2. The lowest BCUT2D eigenvalue weighted by Gasteiger charge is -2.17. The van der Waals surface area contributed by atoms with Crippen LogP contribution < -0.4 is 10.1 Å². The molecule has 0 saturated heterocycles. The molecule has 1 unspecified atom stereocenters. The second kappa shape index (κ2) is 7.28. The summed E-state index contributed by atoms with van der Waals surface area (Å²) in [6.45, 7) is 1.86. The van der Waals surface area contributed by atoms with Gasteiger partial charge in [-0.15, -0.1) is 0 Å². The minimum absolute atomic E-state index is 0.211. The first-order valence-corrected chi connectivity index (χ1v) is 9.12. The van der Waals surface area contributed by atoms with Gasteiger partial charge in [0.2, 0.25) is 0 Å². The molecule has 0 radical (unpaired) electrons. The molecule has 2 aromatic carbocycles. The molecule has 1 N–H and O–H groups in total. The van der Waals surface area contributed by atoms with Gasteiger partial charge in [0, 0.05) is 11.9 Å². The Morgan fingerprint density at radius 2 is 1.70 bits per heavy atom. The maximum atomic E-state index is 12.3. The molecule has 5 nitrogen and oxygen atoms in total. The number of carbonyl (C=O) groups is 1. The van der Waals surface area contributed by atoms with Crippen LogP contribution in [0.15, 0.2) is 59.5 Å². The number of para-hydroxylation sites is 1. The van der Waals surface area contributed by atoms with Crippen molar-refractivity contribution in [2.24, 2.45) is 0 Å². The van der Waals surface area contributed by atoms with E-state index in [9.17, 15) is 13.2 Å². The molecule has 0 fully saturated rings. The number of amides is 1. The zero-order valence-corrected chi connectivity index (χ0v) is 13.8. The van der Waals surface area contributed by atoms with E-state index < -0.39 is 15.9 Å².